The van der Waals surface area contributed by atoms with Crippen molar-refractivity contribution in [3.05, 3.63) is 88.7 Å². The Bertz CT molecular complexity index is 1110. The van der Waals surface area contributed by atoms with Crippen LogP contribution in [-0.4, -0.2) is 22.8 Å². The van der Waals surface area contributed by atoms with Gasteiger partial charge in [-0.15, -0.1) is 0 Å². The topological polar surface area (TPSA) is 62.3 Å². The van der Waals surface area contributed by atoms with Crippen LogP contribution in [0.3, 0.4) is 0 Å². The number of nitrogens with one attached hydrogen (secondary N) is 1. The summed E-state index contributed by atoms with van der Waals surface area (Å²) in [5, 5.41) is 2.94. The highest BCUT2D eigenvalue weighted by Gasteiger charge is 2.32. The zero-order chi connectivity index (χ0) is 20.5. The lowest BCUT2D eigenvalue weighted by Gasteiger charge is -2.22. The van der Waals surface area contributed by atoms with E-state index in [9.17, 15) is 9.59 Å². The minimum Gasteiger partial charge on any atom is -0.322 e. The molecule has 0 fully saturated rings. The Kier molecular flexibility index (Phi) is 4.89. The van der Waals surface area contributed by atoms with Crippen molar-refractivity contribution in [3.63, 3.8) is 0 Å². The lowest BCUT2D eigenvalue weighted by atomic mass is 10.1. The zero-order valence-electron chi connectivity index (χ0n) is 16.8. The van der Waals surface area contributed by atoms with Gasteiger partial charge in [0.25, 0.3) is 11.8 Å². The van der Waals surface area contributed by atoms with E-state index >= 15 is 0 Å². The summed E-state index contributed by atoms with van der Waals surface area (Å²) in [5.41, 5.74) is 5.55. The van der Waals surface area contributed by atoms with E-state index in [-0.39, 0.29) is 23.6 Å². The van der Waals surface area contributed by atoms with Gasteiger partial charge in [0.2, 0.25) is 0 Å². The molecule has 0 bridgehead atoms. The van der Waals surface area contributed by atoms with Gasteiger partial charge in [0.05, 0.1) is 0 Å². The van der Waals surface area contributed by atoms with Crippen LogP contribution in [0.4, 0.5) is 11.4 Å². The van der Waals surface area contributed by atoms with E-state index in [4.69, 9.17) is 0 Å². The van der Waals surface area contributed by atoms with Gasteiger partial charge in [0.15, 0.2) is 0 Å². The maximum atomic E-state index is 13.2. The molecular formula is C24H23N3O2. The number of para-hydroxylation sites is 1. The quantitative estimate of drug-likeness (QED) is 0.720. The van der Waals surface area contributed by atoms with Crippen LogP contribution in [0.25, 0.3) is 0 Å². The van der Waals surface area contributed by atoms with E-state index in [1.165, 1.54) is 6.20 Å². The van der Waals surface area contributed by atoms with Gasteiger partial charge >= 0.3 is 0 Å². The molecule has 146 valence electrons. The van der Waals surface area contributed by atoms with Crippen LogP contribution in [-0.2, 0) is 6.42 Å². The number of carbonyl (C=O) groups excluding carboxylic acids is 2. The Morgan fingerprint density at radius 3 is 2.69 bits per heavy atom. The predicted octanol–water partition coefficient (Wildman–Crippen LogP) is 4.54. The number of hydrogen-bond acceptors (Lipinski definition) is 3. The van der Waals surface area contributed by atoms with Gasteiger partial charge in [-0.3, -0.25) is 14.6 Å². The first-order valence-corrected chi connectivity index (χ1v) is 9.70. The number of pyridine rings is 1. The maximum absolute atomic E-state index is 13.2. The highest BCUT2D eigenvalue weighted by molar-refractivity contribution is 6.09. The molecule has 1 unspecified atom stereocenters. The van der Waals surface area contributed by atoms with Crippen LogP contribution < -0.4 is 10.2 Å². The van der Waals surface area contributed by atoms with Crippen molar-refractivity contribution >= 4 is 23.2 Å². The third kappa shape index (κ3) is 3.63. The van der Waals surface area contributed by atoms with Crippen molar-refractivity contribution in [3.8, 4) is 0 Å². The van der Waals surface area contributed by atoms with Gasteiger partial charge in [0, 0.05) is 29.2 Å². The second kappa shape index (κ2) is 7.51. The minimum absolute atomic E-state index is 0.0501. The normalized spacial score (nSPS) is 15.1. The Labute approximate surface area is 170 Å². The Hall–Kier alpha value is -3.47. The Morgan fingerprint density at radius 1 is 1.07 bits per heavy atom. The lowest BCUT2D eigenvalue weighted by molar-refractivity contribution is 0.0976. The van der Waals surface area contributed by atoms with E-state index < -0.39 is 0 Å². The van der Waals surface area contributed by atoms with Crippen molar-refractivity contribution in [2.45, 2.75) is 33.2 Å². The van der Waals surface area contributed by atoms with Crippen molar-refractivity contribution in [1.82, 2.24) is 4.98 Å². The molecule has 1 N–H and O–H groups in total. The van der Waals surface area contributed by atoms with Gasteiger partial charge in [0.1, 0.15) is 5.69 Å². The molecular weight excluding hydrogens is 362 g/mol. The molecule has 1 atom stereocenters. The summed E-state index contributed by atoms with van der Waals surface area (Å²) >= 11 is 0. The minimum atomic E-state index is -0.259. The fourth-order valence-corrected chi connectivity index (χ4v) is 3.75. The van der Waals surface area contributed by atoms with Crippen LogP contribution >= 0.6 is 0 Å². The first-order chi connectivity index (χ1) is 13.9. The summed E-state index contributed by atoms with van der Waals surface area (Å²) < 4.78 is 0. The van der Waals surface area contributed by atoms with E-state index in [0.717, 1.165) is 34.5 Å². The number of amides is 2. The highest BCUT2D eigenvalue weighted by atomic mass is 16.2. The molecule has 0 radical (unpaired) electrons. The molecule has 1 aromatic heterocycles. The lowest BCUT2D eigenvalue weighted by Crippen LogP contribution is -2.36. The highest BCUT2D eigenvalue weighted by Crippen LogP contribution is 2.32. The zero-order valence-corrected chi connectivity index (χ0v) is 16.8. The van der Waals surface area contributed by atoms with Gasteiger partial charge in [-0.25, -0.2) is 0 Å². The molecule has 1 aliphatic rings. The number of anilines is 2. The molecule has 29 heavy (non-hydrogen) atoms. The monoisotopic (exact) mass is 385 g/mol. The third-order valence-electron chi connectivity index (χ3n) is 5.31. The molecule has 5 heteroatoms. The molecule has 1 aliphatic heterocycles. The van der Waals surface area contributed by atoms with Crippen molar-refractivity contribution in [2.75, 3.05) is 10.2 Å². The van der Waals surface area contributed by atoms with Crippen LogP contribution in [0.2, 0.25) is 0 Å². The number of aryl methyl sites for hydroxylation is 2. The predicted molar refractivity (Wildman–Crippen MR) is 115 cm³/mol. The van der Waals surface area contributed by atoms with Crippen LogP contribution in [0.5, 0.6) is 0 Å². The van der Waals surface area contributed by atoms with E-state index in [1.54, 1.807) is 17.0 Å². The second-order valence-electron chi connectivity index (χ2n) is 7.56. The fraction of sp³-hybridized carbons (Fsp3) is 0.208. The molecule has 3 aromatic rings. The number of benzene rings is 2. The first-order valence-electron chi connectivity index (χ1n) is 9.70. The summed E-state index contributed by atoms with van der Waals surface area (Å²) in [6, 6.07) is 17.1. The maximum Gasteiger partial charge on any atom is 0.277 e. The van der Waals surface area contributed by atoms with E-state index in [2.05, 4.69) is 10.3 Å². The molecule has 4 rings (SSSR count). The van der Waals surface area contributed by atoms with Gasteiger partial charge in [-0.1, -0.05) is 30.3 Å². The SMILES string of the molecule is Cc1ccc(C)c(NC(=O)c2ccnc(C(=O)N3c4ccccc4CC3C)c2)c1. The number of aromatic nitrogens is 1. The van der Waals surface area contributed by atoms with Gasteiger partial charge in [-0.05, 0) is 68.1 Å². The average Bonchev–Trinajstić information content (AvgIpc) is 3.06. The summed E-state index contributed by atoms with van der Waals surface area (Å²) in [5.74, 6) is -0.450. The fourth-order valence-electron chi connectivity index (χ4n) is 3.75. The van der Waals surface area contributed by atoms with Gasteiger partial charge in [-0.2, -0.15) is 0 Å². The van der Waals surface area contributed by atoms with Crippen molar-refractivity contribution in [1.29, 1.82) is 0 Å². The summed E-state index contributed by atoms with van der Waals surface area (Å²) in [6.45, 7) is 5.95. The molecule has 0 spiro atoms. The number of nitrogens with zero attached hydrogens (tertiary/aromatic N) is 2. The number of carbonyl (C=O) groups is 2. The average molecular weight is 385 g/mol. The third-order valence-corrected chi connectivity index (χ3v) is 5.31. The molecule has 0 aliphatic carbocycles. The summed E-state index contributed by atoms with van der Waals surface area (Å²) in [4.78, 5) is 32.0. The smallest absolute Gasteiger partial charge is 0.277 e. The second-order valence-corrected chi connectivity index (χ2v) is 7.56. The number of rotatable bonds is 3. The molecule has 2 aromatic carbocycles. The van der Waals surface area contributed by atoms with Crippen molar-refractivity contribution < 1.29 is 9.59 Å². The van der Waals surface area contributed by atoms with E-state index in [1.807, 2.05) is 63.2 Å². The van der Waals surface area contributed by atoms with Crippen LogP contribution in [0.15, 0.2) is 60.8 Å². The van der Waals surface area contributed by atoms with E-state index in [0.29, 0.717) is 5.56 Å². The summed E-state index contributed by atoms with van der Waals surface area (Å²) in [7, 11) is 0. The standard InChI is InChI=1S/C24H23N3O2/c1-15-8-9-16(2)20(12-15)26-23(28)19-10-11-25-21(14-19)24(29)27-17(3)13-18-6-4-5-7-22(18)27/h4-12,14,17H,13H2,1-3H3,(H,26,28). The van der Waals surface area contributed by atoms with Crippen molar-refractivity contribution in [2.24, 2.45) is 0 Å². The van der Waals surface area contributed by atoms with Crippen LogP contribution in [0.1, 0.15) is 44.5 Å². The Morgan fingerprint density at radius 2 is 1.86 bits per heavy atom. The summed E-state index contributed by atoms with van der Waals surface area (Å²) in [6.07, 6.45) is 2.33. The Balaban J connectivity index is 1.60. The number of hydrogen-bond donors (Lipinski definition) is 1. The largest absolute Gasteiger partial charge is 0.322 e. The van der Waals surface area contributed by atoms with Crippen LogP contribution in [0, 0.1) is 13.8 Å². The molecule has 2 amide bonds. The molecule has 5 nitrogen and oxygen atoms in total. The molecule has 0 saturated heterocycles. The number of fused-ring (bicyclic) bond motifs is 1. The molecule has 0 saturated carbocycles. The van der Waals surface area contributed by atoms with Gasteiger partial charge < -0.3 is 10.2 Å². The molecule has 2 heterocycles. The first kappa shape index (κ1) is 18.9.